The van der Waals surface area contributed by atoms with Gasteiger partial charge in [-0.2, -0.15) is 0 Å². The summed E-state index contributed by atoms with van der Waals surface area (Å²) in [6.07, 6.45) is 4.84. The fraction of sp³-hybridized carbons (Fsp3) is 0.706. The Labute approximate surface area is 124 Å². The molecule has 1 aromatic heterocycles. The van der Waals surface area contributed by atoms with E-state index in [9.17, 15) is 0 Å². The number of hydrogen-bond acceptors (Lipinski definition) is 3. The Kier molecular flexibility index (Phi) is 6.47. The largest absolute Gasteiger partial charge is 0.492 e. The average molecular weight is 278 g/mol. The van der Waals surface area contributed by atoms with Gasteiger partial charge in [-0.15, -0.1) is 0 Å². The minimum absolute atomic E-state index is 0.318. The van der Waals surface area contributed by atoms with Gasteiger partial charge in [0.05, 0.1) is 12.8 Å². The van der Waals surface area contributed by atoms with Crippen LogP contribution in [0.3, 0.4) is 0 Å². The van der Waals surface area contributed by atoms with Crippen LogP contribution >= 0.6 is 0 Å². The molecule has 0 bridgehead atoms. The number of rotatable bonds is 7. The third kappa shape index (κ3) is 5.12. The van der Waals surface area contributed by atoms with E-state index in [2.05, 4.69) is 51.0 Å². The topological polar surface area (TPSA) is 34.2 Å². The lowest BCUT2D eigenvalue weighted by atomic mass is 9.77. The lowest BCUT2D eigenvalue weighted by Gasteiger charge is -2.31. The van der Waals surface area contributed by atoms with Gasteiger partial charge in [-0.1, -0.05) is 34.6 Å². The number of hydrogen-bond donors (Lipinski definition) is 1. The van der Waals surface area contributed by atoms with Crippen molar-refractivity contribution in [2.75, 3.05) is 13.2 Å². The highest BCUT2D eigenvalue weighted by molar-refractivity contribution is 5.26. The Morgan fingerprint density at radius 1 is 1.25 bits per heavy atom. The molecule has 1 rings (SSSR count). The highest BCUT2D eigenvalue weighted by Gasteiger charge is 2.24. The van der Waals surface area contributed by atoms with Crippen LogP contribution in [0.5, 0.6) is 5.75 Å². The Bertz CT molecular complexity index is 398. The first-order chi connectivity index (χ1) is 9.38. The van der Waals surface area contributed by atoms with Gasteiger partial charge >= 0.3 is 0 Å². The third-order valence-electron chi connectivity index (χ3n) is 3.97. The number of nitrogens with one attached hydrogen (secondary N) is 1. The number of pyridine rings is 1. The predicted octanol–water partition coefficient (Wildman–Crippen LogP) is 4.20. The van der Waals surface area contributed by atoms with Crippen LogP contribution < -0.4 is 10.1 Å². The van der Waals surface area contributed by atoms with Crippen molar-refractivity contribution in [1.82, 2.24) is 10.3 Å². The van der Waals surface area contributed by atoms with Crippen LogP contribution in [-0.4, -0.2) is 18.1 Å². The van der Waals surface area contributed by atoms with E-state index < -0.39 is 0 Å². The molecule has 0 aliphatic heterocycles. The molecule has 20 heavy (non-hydrogen) atoms. The summed E-state index contributed by atoms with van der Waals surface area (Å²) < 4.78 is 5.56. The molecule has 3 heteroatoms. The molecule has 0 aliphatic rings. The monoisotopic (exact) mass is 278 g/mol. The highest BCUT2D eigenvalue weighted by atomic mass is 16.5. The lowest BCUT2D eigenvalue weighted by Crippen LogP contribution is -2.27. The van der Waals surface area contributed by atoms with Gasteiger partial charge in [0.15, 0.2) is 0 Å². The third-order valence-corrected chi connectivity index (χ3v) is 3.97. The van der Waals surface area contributed by atoms with Crippen molar-refractivity contribution in [2.24, 2.45) is 11.3 Å². The SMILES string of the molecule is CCNC(CC(C)C(C)(C)C)c1cncc(OCC)c1. The lowest BCUT2D eigenvalue weighted by molar-refractivity contribution is 0.223. The highest BCUT2D eigenvalue weighted by Crippen LogP contribution is 2.33. The Morgan fingerprint density at radius 3 is 2.50 bits per heavy atom. The second-order valence-corrected chi connectivity index (χ2v) is 6.50. The van der Waals surface area contributed by atoms with Gasteiger partial charge in [0.25, 0.3) is 0 Å². The Balaban J connectivity index is 2.87. The molecule has 2 atom stereocenters. The van der Waals surface area contributed by atoms with Crippen molar-refractivity contribution in [2.45, 2.75) is 54.0 Å². The van der Waals surface area contributed by atoms with E-state index in [4.69, 9.17) is 4.74 Å². The van der Waals surface area contributed by atoms with Crippen LogP contribution in [0.1, 0.15) is 59.6 Å². The van der Waals surface area contributed by atoms with Gasteiger partial charge in [-0.3, -0.25) is 4.98 Å². The first kappa shape index (κ1) is 17.0. The quantitative estimate of drug-likeness (QED) is 0.811. The average Bonchev–Trinajstić information content (AvgIpc) is 2.37. The van der Waals surface area contributed by atoms with Crippen LogP contribution in [-0.2, 0) is 0 Å². The van der Waals surface area contributed by atoms with E-state index in [1.807, 2.05) is 13.1 Å². The number of ether oxygens (including phenoxy) is 1. The van der Waals surface area contributed by atoms with E-state index in [0.717, 1.165) is 18.7 Å². The normalized spacial score (nSPS) is 14.9. The first-order valence-electron chi connectivity index (χ1n) is 7.69. The molecule has 0 fully saturated rings. The molecule has 2 unspecified atom stereocenters. The van der Waals surface area contributed by atoms with Crippen molar-refractivity contribution in [3.8, 4) is 5.75 Å². The summed E-state index contributed by atoms with van der Waals surface area (Å²) in [5, 5.41) is 3.58. The maximum atomic E-state index is 5.56. The maximum Gasteiger partial charge on any atom is 0.137 e. The van der Waals surface area contributed by atoms with Crippen molar-refractivity contribution in [3.05, 3.63) is 24.0 Å². The summed E-state index contributed by atoms with van der Waals surface area (Å²) >= 11 is 0. The molecular weight excluding hydrogens is 248 g/mol. The zero-order valence-corrected chi connectivity index (χ0v) is 13.9. The minimum atomic E-state index is 0.318. The Morgan fingerprint density at radius 2 is 1.95 bits per heavy atom. The molecule has 0 aliphatic carbocycles. The zero-order valence-electron chi connectivity index (χ0n) is 13.9. The smallest absolute Gasteiger partial charge is 0.137 e. The molecule has 0 amide bonds. The number of aromatic nitrogens is 1. The summed E-state index contributed by atoms with van der Waals surface area (Å²) in [7, 11) is 0. The molecule has 0 spiro atoms. The first-order valence-corrected chi connectivity index (χ1v) is 7.69. The molecular formula is C17H30N2O. The summed E-state index contributed by atoms with van der Waals surface area (Å²) in [5.41, 5.74) is 1.53. The molecule has 0 saturated carbocycles. The second-order valence-electron chi connectivity index (χ2n) is 6.50. The van der Waals surface area contributed by atoms with Gasteiger partial charge in [0, 0.05) is 12.2 Å². The number of nitrogens with zero attached hydrogens (tertiary/aromatic N) is 1. The van der Waals surface area contributed by atoms with E-state index >= 15 is 0 Å². The fourth-order valence-corrected chi connectivity index (χ4v) is 2.16. The maximum absolute atomic E-state index is 5.56. The van der Waals surface area contributed by atoms with Crippen LogP contribution in [0.4, 0.5) is 0 Å². The van der Waals surface area contributed by atoms with Gasteiger partial charge in [-0.25, -0.2) is 0 Å². The molecule has 0 saturated heterocycles. The second kappa shape index (κ2) is 7.63. The van der Waals surface area contributed by atoms with E-state index in [1.165, 1.54) is 5.56 Å². The van der Waals surface area contributed by atoms with Crippen molar-refractivity contribution in [1.29, 1.82) is 0 Å². The van der Waals surface area contributed by atoms with Crippen LogP contribution in [0.25, 0.3) is 0 Å². The summed E-state index contributed by atoms with van der Waals surface area (Å²) in [6.45, 7) is 15.0. The summed E-state index contributed by atoms with van der Waals surface area (Å²) in [6, 6.07) is 2.45. The minimum Gasteiger partial charge on any atom is -0.492 e. The van der Waals surface area contributed by atoms with Gasteiger partial charge in [0.2, 0.25) is 0 Å². The van der Waals surface area contributed by atoms with Crippen LogP contribution in [0.15, 0.2) is 18.5 Å². The van der Waals surface area contributed by atoms with Gasteiger partial charge in [0.1, 0.15) is 5.75 Å². The van der Waals surface area contributed by atoms with E-state index in [1.54, 1.807) is 6.20 Å². The van der Waals surface area contributed by atoms with Crippen LogP contribution in [0, 0.1) is 11.3 Å². The van der Waals surface area contributed by atoms with E-state index in [0.29, 0.717) is 24.0 Å². The molecule has 1 heterocycles. The van der Waals surface area contributed by atoms with Crippen LogP contribution in [0.2, 0.25) is 0 Å². The molecule has 0 aromatic carbocycles. The van der Waals surface area contributed by atoms with E-state index in [-0.39, 0.29) is 0 Å². The van der Waals surface area contributed by atoms with Crippen molar-refractivity contribution >= 4 is 0 Å². The van der Waals surface area contributed by atoms with Crippen molar-refractivity contribution in [3.63, 3.8) is 0 Å². The molecule has 114 valence electrons. The fourth-order valence-electron chi connectivity index (χ4n) is 2.16. The molecule has 1 N–H and O–H groups in total. The van der Waals surface area contributed by atoms with Gasteiger partial charge in [-0.05, 0) is 42.9 Å². The molecule has 3 nitrogen and oxygen atoms in total. The molecule has 0 radical (unpaired) electrons. The van der Waals surface area contributed by atoms with Gasteiger partial charge < -0.3 is 10.1 Å². The standard InChI is InChI=1S/C17H30N2O/c1-7-19-16(9-13(3)17(4,5)6)14-10-15(20-8-2)12-18-11-14/h10-13,16,19H,7-9H2,1-6H3. The van der Waals surface area contributed by atoms with Crippen molar-refractivity contribution < 1.29 is 4.74 Å². The molecule has 1 aromatic rings. The predicted molar refractivity (Wildman–Crippen MR) is 85.1 cm³/mol. The Hall–Kier alpha value is -1.09. The zero-order chi connectivity index (χ0) is 15.2. The summed E-state index contributed by atoms with van der Waals surface area (Å²) in [5.74, 6) is 1.48. The summed E-state index contributed by atoms with van der Waals surface area (Å²) in [4.78, 5) is 4.31.